The number of hydrogen-bond acceptors (Lipinski definition) is 3. The molecule has 0 spiro atoms. The molecule has 2 rings (SSSR count). The highest BCUT2D eigenvalue weighted by Gasteiger charge is 2.36. The molecule has 2 fully saturated rings. The van der Waals surface area contributed by atoms with Crippen LogP contribution < -0.4 is 0 Å². The van der Waals surface area contributed by atoms with Gasteiger partial charge in [0.25, 0.3) is 5.91 Å². The summed E-state index contributed by atoms with van der Waals surface area (Å²) in [6.07, 6.45) is 1.85. The summed E-state index contributed by atoms with van der Waals surface area (Å²) in [6, 6.07) is -3.25. The van der Waals surface area contributed by atoms with E-state index in [0.29, 0.717) is 13.1 Å². The fraction of sp³-hybridized carbons (Fsp3) is 0.750. The van der Waals surface area contributed by atoms with Crippen molar-refractivity contribution in [3.05, 3.63) is 0 Å². The summed E-state index contributed by atoms with van der Waals surface area (Å²) in [6.45, 7) is 2.07. The lowest BCUT2D eigenvalue weighted by Crippen LogP contribution is -2.47. The van der Waals surface area contributed by atoms with Crippen LogP contribution in [0.2, 0.25) is 0 Å². The minimum absolute atomic E-state index is 0.138. The van der Waals surface area contributed by atoms with Gasteiger partial charge >= 0.3 is 6.05 Å². The summed E-state index contributed by atoms with van der Waals surface area (Å²) in [5.41, 5.74) is 0. The SMILES string of the molecule is O=C(C#CC(F)(F)N1CCOCC1)N1CCCC1. The van der Waals surface area contributed by atoms with E-state index in [1.165, 1.54) is 4.90 Å². The number of morpholine rings is 1. The van der Waals surface area contributed by atoms with E-state index in [0.717, 1.165) is 17.7 Å². The molecular weight excluding hydrogens is 242 g/mol. The van der Waals surface area contributed by atoms with E-state index >= 15 is 0 Å². The van der Waals surface area contributed by atoms with Gasteiger partial charge in [0, 0.05) is 32.1 Å². The first kappa shape index (κ1) is 13.2. The summed E-state index contributed by atoms with van der Waals surface area (Å²) in [7, 11) is 0. The molecule has 0 aromatic rings. The minimum atomic E-state index is -3.25. The van der Waals surface area contributed by atoms with Gasteiger partial charge < -0.3 is 9.64 Å². The average molecular weight is 258 g/mol. The standard InChI is InChI=1S/C12H16F2N2O2/c13-12(14,16-7-9-18-10-8-16)4-3-11(17)15-5-1-2-6-15/h1-2,5-10H2. The lowest BCUT2D eigenvalue weighted by atomic mass is 10.3. The highest BCUT2D eigenvalue weighted by Crippen LogP contribution is 2.19. The number of rotatable bonds is 1. The topological polar surface area (TPSA) is 32.8 Å². The molecule has 0 radical (unpaired) electrons. The summed E-state index contributed by atoms with van der Waals surface area (Å²) in [5, 5.41) is 0. The van der Waals surface area contributed by atoms with Gasteiger partial charge in [-0.2, -0.15) is 8.78 Å². The van der Waals surface area contributed by atoms with Crippen LogP contribution in [-0.4, -0.2) is 61.1 Å². The molecule has 0 unspecified atom stereocenters. The predicted molar refractivity (Wildman–Crippen MR) is 60.9 cm³/mol. The molecule has 2 aliphatic heterocycles. The Kier molecular flexibility index (Phi) is 4.15. The second-order valence-corrected chi connectivity index (χ2v) is 4.39. The summed E-state index contributed by atoms with van der Waals surface area (Å²) in [5.74, 6) is 3.37. The van der Waals surface area contributed by atoms with Gasteiger partial charge in [-0.25, -0.2) is 4.90 Å². The number of likely N-dealkylation sites (tertiary alicyclic amines) is 1. The van der Waals surface area contributed by atoms with E-state index < -0.39 is 12.0 Å². The first-order valence-electron chi connectivity index (χ1n) is 6.12. The Morgan fingerprint density at radius 1 is 1.11 bits per heavy atom. The van der Waals surface area contributed by atoms with Crippen molar-refractivity contribution in [2.75, 3.05) is 39.4 Å². The zero-order valence-corrected chi connectivity index (χ0v) is 10.1. The molecule has 0 aromatic carbocycles. The number of ether oxygens (including phenoxy) is 1. The molecule has 18 heavy (non-hydrogen) atoms. The Morgan fingerprint density at radius 3 is 2.33 bits per heavy atom. The number of carbonyl (C=O) groups is 1. The average Bonchev–Trinajstić information content (AvgIpc) is 2.91. The van der Waals surface area contributed by atoms with Crippen LogP contribution in [0.3, 0.4) is 0 Å². The van der Waals surface area contributed by atoms with Crippen molar-refractivity contribution in [3.8, 4) is 11.8 Å². The van der Waals surface area contributed by atoms with E-state index in [-0.39, 0.29) is 26.3 Å². The highest BCUT2D eigenvalue weighted by atomic mass is 19.3. The van der Waals surface area contributed by atoms with Gasteiger partial charge in [-0.3, -0.25) is 4.79 Å². The van der Waals surface area contributed by atoms with Crippen molar-refractivity contribution < 1.29 is 18.3 Å². The number of carbonyl (C=O) groups excluding carboxylic acids is 1. The first-order valence-corrected chi connectivity index (χ1v) is 6.12. The van der Waals surface area contributed by atoms with Gasteiger partial charge in [-0.05, 0) is 18.8 Å². The maximum Gasteiger partial charge on any atom is 0.370 e. The molecule has 4 nitrogen and oxygen atoms in total. The summed E-state index contributed by atoms with van der Waals surface area (Å²) in [4.78, 5) is 14.0. The molecule has 0 N–H and O–H groups in total. The molecule has 1 amide bonds. The van der Waals surface area contributed by atoms with Crippen molar-refractivity contribution >= 4 is 5.91 Å². The Morgan fingerprint density at radius 2 is 1.72 bits per heavy atom. The monoisotopic (exact) mass is 258 g/mol. The predicted octanol–water partition coefficient (Wildman–Crippen LogP) is 0.537. The molecular formula is C12H16F2N2O2. The van der Waals surface area contributed by atoms with Crippen LogP contribution >= 0.6 is 0 Å². The summed E-state index contributed by atoms with van der Waals surface area (Å²) >= 11 is 0. The molecule has 6 heteroatoms. The maximum absolute atomic E-state index is 13.7. The molecule has 2 saturated heterocycles. The number of amides is 1. The van der Waals surface area contributed by atoms with E-state index in [9.17, 15) is 13.6 Å². The molecule has 0 aliphatic carbocycles. The second kappa shape index (κ2) is 5.63. The highest BCUT2D eigenvalue weighted by molar-refractivity contribution is 5.93. The van der Waals surface area contributed by atoms with Gasteiger partial charge in [-0.15, -0.1) is 0 Å². The smallest absolute Gasteiger partial charge is 0.370 e. The third-order valence-corrected chi connectivity index (χ3v) is 3.12. The zero-order chi connectivity index (χ0) is 13.0. The van der Waals surface area contributed by atoms with Gasteiger partial charge in [0.15, 0.2) is 0 Å². The Bertz CT molecular complexity index is 364. The fourth-order valence-corrected chi connectivity index (χ4v) is 2.05. The van der Waals surface area contributed by atoms with Crippen LogP contribution in [0, 0.1) is 11.8 Å². The van der Waals surface area contributed by atoms with Crippen LogP contribution in [-0.2, 0) is 9.53 Å². The molecule has 0 aromatic heterocycles. The molecule has 2 aliphatic rings. The lowest BCUT2D eigenvalue weighted by molar-refractivity contribution is -0.131. The maximum atomic E-state index is 13.7. The molecule has 2 heterocycles. The molecule has 0 saturated carbocycles. The van der Waals surface area contributed by atoms with Crippen LogP contribution in [0.4, 0.5) is 8.78 Å². The van der Waals surface area contributed by atoms with Crippen molar-refractivity contribution in [2.45, 2.75) is 18.9 Å². The third kappa shape index (κ3) is 3.18. The van der Waals surface area contributed by atoms with E-state index in [1.54, 1.807) is 5.92 Å². The Labute approximate surface area is 105 Å². The molecule has 0 atom stereocenters. The number of nitrogens with zero attached hydrogens (tertiary/aromatic N) is 2. The number of halogens is 2. The Balaban J connectivity index is 1.95. The number of alkyl halides is 2. The van der Waals surface area contributed by atoms with Gasteiger partial charge in [0.2, 0.25) is 0 Å². The van der Waals surface area contributed by atoms with Crippen LogP contribution in [0.15, 0.2) is 0 Å². The largest absolute Gasteiger partial charge is 0.379 e. The van der Waals surface area contributed by atoms with E-state index in [4.69, 9.17) is 4.74 Å². The zero-order valence-electron chi connectivity index (χ0n) is 10.1. The van der Waals surface area contributed by atoms with Crippen molar-refractivity contribution in [1.82, 2.24) is 9.80 Å². The van der Waals surface area contributed by atoms with Crippen molar-refractivity contribution in [1.29, 1.82) is 0 Å². The van der Waals surface area contributed by atoms with Crippen molar-refractivity contribution in [2.24, 2.45) is 0 Å². The third-order valence-electron chi connectivity index (χ3n) is 3.12. The van der Waals surface area contributed by atoms with Crippen LogP contribution in [0.25, 0.3) is 0 Å². The normalized spacial score (nSPS) is 21.6. The van der Waals surface area contributed by atoms with Crippen LogP contribution in [0.5, 0.6) is 0 Å². The second-order valence-electron chi connectivity index (χ2n) is 4.39. The molecule has 100 valence electrons. The Hall–Kier alpha value is -1.19. The number of hydrogen-bond donors (Lipinski definition) is 0. The molecule has 0 bridgehead atoms. The lowest BCUT2D eigenvalue weighted by Gasteiger charge is -2.30. The van der Waals surface area contributed by atoms with E-state index in [1.807, 2.05) is 0 Å². The van der Waals surface area contributed by atoms with E-state index in [2.05, 4.69) is 5.92 Å². The van der Waals surface area contributed by atoms with Crippen molar-refractivity contribution in [3.63, 3.8) is 0 Å². The van der Waals surface area contributed by atoms with Gasteiger partial charge in [0.05, 0.1) is 13.2 Å². The quantitative estimate of drug-likeness (QED) is 0.508. The first-order chi connectivity index (χ1) is 8.59. The van der Waals surface area contributed by atoms with Gasteiger partial charge in [0.1, 0.15) is 0 Å². The van der Waals surface area contributed by atoms with Crippen LogP contribution in [0.1, 0.15) is 12.8 Å². The fourth-order valence-electron chi connectivity index (χ4n) is 2.05. The summed E-state index contributed by atoms with van der Waals surface area (Å²) < 4.78 is 32.4. The minimum Gasteiger partial charge on any atom is -0.379 e. The van der Waals surface area contributed by atoms with Gasteiger partial charge in [-0.1, -0.05) is 0 Å².